The van der Waals surface area contributed by atoms with Crippen LogP contribution >= 0.6 is 0 Å². The van der Waals surface area contributed by atoms with Crippen LogP contribution in [0.15, 0.2) is 71.8 Å². The molecule has 2 atom stereocenters. The van der Waals surface area contributed by atoms with E-state index in [4.69, 9.17) is 9.84 Å². The van der Waals surface area contributed by atoms with Gasteiger partial charge >= 0.3 is 18.3 Å². The first-order valence-corrected chi connectivity index (χ1v) is 12.5. The highest BCUT2D eigenvalue weighted by molar-refractivity contribution is 5.94. The summed E-state index contributed by atoms with van der Waals surface area (Å²) in [7, 11) is 0. The van der Waals surface area contributed by atoms with Crippen LogP contribution in [-0.4, -0.2) is 41.5 Å². The van der Waals surface area contributed by atoms with Crippen LogP contribution in [0.5, 0.6) is 0 Å². The molecule has 3 rings (SSSR count). The number of hydrogen-bond acceptors (Lipinski definition) is 3. The van der Waals surface area contributed by atoms with E-state index in [2.05, 4.69) is 5.32 Å². The highest BCUT2D eigenvalue weighted by Crippen LogP contribution is 2.49. The van der Waals surface area contributed by atoms with E-state index in [9.17, 15) is 35.9 Å². The number of alkyl halides is 6. The summed E-state index contributed by atoms with van der Waals surface area (Å²) >= 11 is 0. The van der Waals surface area contributed by atoms with E-state index >= 15 is 0 Å². The van der Waals surface area contributed by atoms with Gasteiger partial charge in [-0.2, -0.15) is 26.3 Å². The summed E-state index contributed by atoms with van der Waals surface area (Å²) < 4.78 is 89.1. The molecule has 0 radical (unpaired) electrons. The molecule has 1 amide bonds. The van der Waals surface area contributed by atoms with Crippen molar-refractivity contribution in [2.75, 3.05) is 6.54 Å². The van der Waals surface area contributed by atoms with Crippen molar-refractivity contribution in [1.82, 2.24) is 5.32 Å². The average Bonchev–Trinajstić information content (AvgIpc) is 2.85. The Hall–Kier alpha value is -3.60. The van der Waals surface area contributed by atoms with Crippen LogP contribution in [0.3, 0.4) is 0 Å². The zero-order valence-electron chi connectivity index (χ0n) is 21.8. The van der Waals surface area contributed by atoms with Gasteiger partial charge in [-0.1, -0.05) is 48.0 Å². The molecule has 0 aliphatic heterocycles. The van der Waals surface area contributed by atoms with Crippen molar-refractivity contribution in [2.45, 2.75) is 63.6 Å². The van der Waals surface area contributed by atoms with Gasteiger partial charge in [0.05, 0.1) is 12.5 Å². The maximum atomic E-state index is 14.7. The van der Waals surface area contributed by atoms with Gasteiger partial charge in [0.25, 0.3) is 5.91 Å². The standard InChI is InChI=1S/C29H29F6NO4/c1-18-16-27(29(33,34)35,17-19(2)25(18)21-6-4-3-5-7-21)40-23(12-14-28(30,31)32)20-8-10-22(11-9-20)26(39)36-15-13-24(37)38/h3-11,16,23H,12-15,17H2,1-2H3,(H,36,39)(H,37,38). The minimum absolute atomic E-state index is 0.0384. The zero-order chi connectivity index (χ0) is 29.7. The second-order valence-corrected chi connectivity index (χ2v) is 9.69. The lowest BCUT2D eigenvalue weighted by Gasteiger charge is -2.40. The summed E-state index contributed by atoms with van der Waals surface area (Å²) in [6, 6.07) is 13.8. The molecular weight excluding hydrogens is 540 g/mol. The number of carbonyl (C=O) groups excluding carboxylic acids is 1. The number of carboxylic acids is 1. The molecule has 0 fully saturated rings. The van der Waals surface area contributed by atoms with Crippen LogP contribution in [0.2, 0.25) is 0 Å². The number of benzene rings is 2. The summed E-state index contributed by atoms with van der Waals surface area (Å²) in [5.41, 5.74) is -0.764. The lowest BCUT2D eigenvalue weighted by Crippen LogP contribution is -2.48. The molecule has 0 aromatic heterocycles. The number of ether oxygens (including phenoxy) is 1. The number of nitrogens with one attached hydrogen (secondary N) is 1. The molecule has 2 unspecified atom stereocenters. The SMILES string of the molecule is CC1=CC(OC(CCC(F)(F)F)c2ccc(C(=O)NCCC(=O)O)cc2)(C(F)(F)F)CC(C)=C1c1ccccc1. The van der Waals surface area contributed by atoms with E-state index < -0.39 is 55.2 Å². The van der Waals surface area contributed by atoms with Crippen molar-refractivity contribution in [2.24, 2.45) is 0 Å². The molecule has 0 bridgehead atoms. The molecule has 2 aromatic carbocycles. The summed E-state index contributed by atoms with van der Waals surface area (Å²) in [6.07, 6.45) is -13.3. The van der Waals surface area contributed by atoms with E-state index in [0.717, 1.165) is 11.6 Å². The van der Waals surface area contributed by atoms with Gasteiger partial charge in [-0.05, 0) is 60.8 Å². The molecule has 40 heavy (non-hydrogen) atoms. The van der Waals surface area contributed by atoms with Crippen molar-refractivity contribution >= 4 is 17.4 Å². The first-order chi connectivity index (χ1) is 18.6. The average molecular weight is 570 g/mol. The minimum Gasteiger partial charge on any atom is -0.481 e. The van der Waals surface area contributed by atoms with Gasteiger partial charge < -0.3 is 15.2 Å². The normalized spacial score (nSPS) is 18.8. The lowest BCUT2D eigenvalue weighted by atomic mass is 9.79. The van der Waals surface area contributed by atoms with Crippen molar-refractivity contribution in [3.05, 3.63) is 88.5 Å². The number of halogens is 6. The predicted molar refractivity (Wildman–Crippen MR) is 136 cm³/mol. The summed E-state index contributed by atoms with van der Waals surface area (Å²) in [5.74, 6) is -1.75. The van der Waals surface area contributed by atoms with E-state index in [1.807, 2.05) is 0 Å². The van der Waals surface area contributed by atoms with Crippen LogP contribution in [0, 0.1) is 0 Å². The van der Waals surface area contributed by atoms with E-state index in [1.54, 1.807) is 37.3 Å². The summed E-state index contributed by atoms with van der Waals surface area (Å²) in [6.45, 7) is 2.91. The first-order valence-electron chi connectivity index (χ1n) is 12.5. The minimum atomic E-state index is -4.95. The molecule has 0 heterocycles. The molecule has 0 saturated heterocycles. The second-order valence-electron chi connectivity index (χ2n) is 9.69. The Balaban J connectivity index is 1.94. The van der Waals surface area contributed by atoms with Crippen molar-refractivity contribution in [3.8, 4) is 0 Å². The highest BCUT2D eigenvalue weighted by atomic mass is 19.4. The fourth-order valence-corrected chi connectivity index (χ4v) is 4.77. The second kappa shape index (κ2) is 12.3. The molecule has 216 valence electrons. The number of amides is 1. The molecule has 0 saturated carbocycles. The first kappa shape index (κ1) is 30.9. The van der Waals surface area contributed by atoms with Crippen molar-refractivity contribution in [3.63, 3.8) is 0 Å². The maximum Gasteiger partial charge on any atom is 0.421 e. The van der Waals surface area contributed by atoms with E-state index in [1.165, 1.54) is 31.2 Å². The van der Waals surface area contributed by atoms with Crippen LogP contribution in [0.25, 0.3) is 5.57 Å². The highest BCUT2D eigenvalue weighted by Gasteiger charge is 2.57. The molecular formula is C29H29F6NO4. The topological polar surface area (TPSA) is 75.6 Å². The van der Waals surface area contributed by atoms with Gasteiger partial charge in [-0.3, -0.25) is 9.59 Å². The molecule has 2 N–H and O–H groups in total. The van der Waals surface area contributed by atoms with E-state index in [-0.39, 0.29) is 29.7 Å². The van der Waals surface area contributed by atoms with Crippen LogP contribution in [0.1, 0.15) is 67.1 Å². The Bertz CT molecular complexity index is 1270. The Kier molecular flexibility index (Phi) is 9.50. The van der Waals surface area contributed by atoms with Crippen molar-refractivity contribution < 1.29 is 45.8 Å². The summed E-state index contributed by atoms with van der Waals surface area (Å²) in [5, 5.41) is 11.1. The number of rotatable bonds is 10. The Morgan fingerprint density at radius 3 is 2.15 bits per heavy atom. The van der Waals surface area contributed by atoms with Gasteiger partial charge in [-0.15, -0.1) is 0 Å². The van der Waals surface area contributed by atoms with Gasteiger partial charge in [-0.25, -0.2) is 0 Å². The smallest absolute Gasteiger partial charge is 0.421 e. The zero-order valence-corrected chi connectivity index (χ0v) is 21.8. The Morgan fingerprint density at radius 1 is 1.00 bits per heavy atom. The van der Waals surface area contributed by atoms with Crippen LogP contribution < -0.4 is 5.32 Å². The maximum absolute atomic E-state index is 14.7. The molecule has 11 heteroatoms. The van der Waals surface area contributed by atoms with Gasteiger partial charge in [0.1, 0.15) is 0 Å². The molecule has 1 aliphatic carbocycles. The van der Waals surface area contributed by atoms with Crippen molar-refractivity contribution in [1.29, 1.82) is 0 Å². The third-order valence-electron chi connectivity index (χ3n) is 6.55. The molecule has 0 spiro atoms. The fourth-order valence-electron chi connectivity index (χ4n) is 4.77. The number of carboxylic acid groups (broad SMARTS) is 1. The lowest BCUT2D eigenvalue weighted by molar-refractivity contribution is -0.274. The van der Waals surface area contributed by atoms with E-state index in [0.29, 0.717) is 11.1 Å². The quantitative estimate of drug-likeness (QED) is 0.292. The molecule has 1 aliphatic rings. The third-order valence-corrected chi connectivity index (χ3v) is 6.55. The number of carbonyl (C=O) groups is 2. The molecule has 2 aromatic rings. The summed E-state index contributed by atoms with van der Waals surface area (Å²) in [4.78, 5) is 22.9. The monoisotopic (exact) mass is 569 g/mol. The Labute approximate surface area is 227 Å². The fraction of sp³-hybridized carbons (Fsp3) is 0.379. The van der Waals surface area contributed by atoms with Gasteiger partial charge in [0, 0.05) is 24.9 Å². The van der Waals surface area contributed by atoms with Crippen LogP contribution in [0.4, 0.5) is 26.3 Å². The van der Waals surface area contributed by atoms with Gasteiger partial charge in [0.15, 0.2) is 5.60 Å². The molecule has 5 nitrogen and oxygen atoms in total. The van der Waals surface area contributed by atoms with Crippen LogP contribution in [-0.2, 0) is 9.53 Å². The van der Waals surface area contributed by atoms with Gasteiger partial charge in [0.2, 0.25) is 0 Å². The Morgan fingerprint density at radius 2 is 1.62 bits per heavy atom. The third kappa shape index (κ3) is 7.74. The number of aliphatic carboxylic acids is 1. The predicted octanol–water partition coefficient (Wildman–Crippen LogP) is 7.42. The largest absolute Gasteiger partial charge is 0.481 e. The number of hydrogen-bond donors (Lipinski definition) is 2. The number of allylic oxidation sites excluding steroid dienone is 2.